The van der Waals surface area contributed by atoms with Gasteiger partial charge in [-0.2, -0.15) is 0 Å². The fourth-order valence-corrected chi connectivity index (χ4v) is 4.85. The largest absolute Gasteiger partial charge is 0.487 e. The molecule has 1 saturated heterocycles. The highest BCUT2D eigenvalue weighted by molar-refractivity contribution is 5.97. The summed E-state index contributed by atoms with van der Waals surface area (Å²) >= 11 is 0. The highest BCUT2D eigenvalue weighted by Gasteiger charge is 2.53. The van der Waals surface area contributed by atoms with Gasteiger partial charge in [0.1, 0.15) is 17.9 Å². The maximum Gasteiger partial charge on any atom is 0.341 e. The summed E-state index contributed by atoms with van der Waals surface area (Å²) in [5.41, 5.74) is 6.16. The number of rotatable bonds is 2. The van der Waals surface area contributed by atoms with Gasteiger partial charge in [0.05, 0.1) is 11.6 Å². The lowest BCUT2D eigenvalue weighted by molar-refractivity contribution is 0.0694. The van der Waals surface area contributed by atoms with Crippen LogP contribution in [0.3, 0.4) is 0 Å². The zero-order chi connectivity index (χ0) is 19.8. The number of carboxylic acid groups (broad SMARTS) is 1. The molecule has 2 atom stereocenters. The minimum Gasteiger partial charge on any atom is -0.487 e. The number of ether oxygens (including phenoxy) is 1. The van der Waals surface area contributed by atoms with Gasteiger partial charge in [-0.15, -0.1) is 0 Å². The molecule has 8 heteroatoms. The Morgan fingerprint density at radius 3 is 2.64 bits per heavy atom. The number of carboxylic acids is 1. The summed E-state index contributed by atoms with van der Waals surface area (Å²) in [6, 6.07) is 2.45. The molecule has 5 rings (SSSR count). The lowest BCUT2D eigenvalue weighted by atomic mass is 9.92. The number of anilines is 1. The molecule has 1 aromatic carbocycles. The number of piperidine rings is 1. The predicted octanol–water partition coefficient (Wildman–Crippen LogP) is 2.11. The lowest BCUT2D eigenvalue weighted by Gasteiger charge is -2.37. The Bertz CT molecular complexity index is 1070. The standard InChI is InChI=1S/C20H22FN3O4/c1-10-9-28-17-15-11(6-12(19(26)27)18(25)24(10)15)7-13(21)16(17)23-4-2-20(3-5-23)8-14(20)22/h6-7,10,14H,2-5,8-9,22H2,1H3,(H,26,27)/t10-,14?/m0/s1. The molecule has 2 fully saturated rings. The quantitative estimate of drug-likeness (QED) is 0.819. The van der Waals surface area contributed by atoms with Gasteiger partial charge < -0.3 is 20.5 Å². The summed E-state index contributed by atoms with van der Waals surface area (Å²) in [5.74, 6) is -1.45. The first kappa shape index (κ1) is 17.5. The van der Waals surface area contributed by atoms with Crippen LogP contribution >= 0.6 is 0 Å². The molecule has 7 nitrogen and oxygen atoms in total. The van der Waals surface area contributed by atoms with Crippen LogP contribution in [0.25, 0.3) is 10.9 Å². The fourth-order valence-electron chi connectivity index (χ4n) is 4.85. The number of hydrogen-bond donors (Lipinski definition) is 2. The zero-order valence-corrected chi connectivity index (χ0v) is 15.6. The van der Waals surface area contributed by atoms with E-state index in [1.165, 1.54) is 16.7 Å². The Morgan fingerprint density at radius 1 is 1.36 bits per heavy atom. The summed E-state index contributed by atoms with van der Waals surface area (Å²) < 4.78 is 22.5. The van der Waals surface area contributed by atoms with Crippen LogP contribution < -0.4 is 20.9 Å². The molecule has 1 aliphatic carbocycles. The van der Waals surface area contributed by atoms with Crippen LogP contribution in [0.4, 0.5) is 10.1 Å². The Labute approximate surface area is 160 Å². The van der Waals surface area contributed by atoms with E-state index in [4.69, 9.17) is 10.5 Å². The molecule has 28 heavy (non-hydrogen) atoms. The summed E-state index contributed by atoms with van der Waals surface area (Å²) in [5, 5.41) is 9.72. The molecular weight excluding hydrogens is 365 g/mol. The first-order valence-corrected chi connectivity index (χ1v) is 9.61. The molecule has 2 aliphatic heterocycles. The monoisotopic (exact) mass is 387 g/mol. The van der Waals surface area contributed by atoms with E-state index in [2.05, 4.69) is 0 Å². The van der Waals surface area contributed by atoms with Crippen molar-refractivity contribution >= 4 is 22.6 Å². The van der Waals surface area contributed by atoms with Gasteiger partial charge in [0.15, 0.2) is 11.6 Å². The van der Waals surface area contributed by atoms with Crippen molar-refractivity contribution < 1.29 is 19.0 Å². The highest BCUT2D eigenvalue weighted by atomic mass is 19.1. The molecule has 0 bridgehead atoms. The van der Waals surface area contributed by atoms with Crippen molar-refractivity contribution in [1.29, 1.82) is 0 Å². The minimum atomic E-state index is -1.32. The number of pyridine rings is 1. The summed E-state index contributed by atoms with van der Waals surface area (Å²) in [7, 11) is 0. The van der Waals surface area contributed by atoms with Gasteiger partial charge >= 0.3 is 5.97 Å². The van der Waals surface area contributed by atoms with Crippen molar-refractivity contribution in [2.24, 2.45) is 11.1 Å². The van der Waals surface area contributed by atoms with Gasteiger partial charge in [-0.25, -0.2) is 9.18 Å². The van der Waals surface area contributed by atoms with Crippen molar-refractivity contribution in [3.05, 3.63) is 33.9 Å². The Hall–Kier alpha value is -2.61. The van der Waals surface area contributed by atoms with Crippen molar-refractivity contribution in [2.45, 2.75) is 38.3 Å². The molecule has 1 saturated carbocycles. The van der Waals surface area contributed by atoms with Crippen LogP contribution in [0.2, 0.25) is 0 Å². The van der Waals surface area contributed by atoms with Crippen LogP contribution in [0, 0.1) is 11.2 Å². The lowest BCUT2D eigenvalue weighted by Crippen LogP contribution is -2.39. The number of carbonyl (C=O) groups is 1. The first-order chi connectivity index (χ1) is 13.3. The topological polar surface area (TPSA) is 97.8 Å². The second-order valence-corrected chi connectivity index (χ2v) is 8.33. The predicted molar refractivity (Wildman–Crippen MR) is 102 cm³/mol. The molecule has 3 aliphatic rings. The molecule has 2 aromatic rings. The number of nitrogens with zero attached hydrogens (tertiary/aromatic N) is 2. The number of halogens is 1. The third kappa shape index (κ3) is 2.30. The van der Waals surface area contributed by atoms with Crippen LogP contribution in [0.1, 0.15) is 42.6 Å². The van der Waals surface area contributed by atoms with E-state index in [-0.39, 0.29) is 29.7 Å². The smallest absolute Gasteiger partial charge is 0.341 e. The average Bonchev–Trinajstić information content (AvgIpc) is 3.28. The maximum absolute atomic E-state index is 15.1. The molecule has 3 heterocycles. The second-order valence-electron chi connectivity index (χ2n) is 8.33. The summed E-state index contributed by atoms with van der Waals surface area (Å²) in [4.78, 5) is 26.2. The van der Waals surface area contributed by atoms with Gasteiger partial charge in [0.25, 0.3) is 5.56 Å². The third-order valence-corrected chi connectivity index (χ3v) is 6.67. The second kappa shape index (κ2) is 5.70. The number of benzene rings is 1. The molecular formula is C20H22FN3O4. The van der Waals surface area contributed by atoms with Gasteiger partial charge in [0.2, 0.25) is 0 Å². The van der Waals surface area contributed by atoms with E-state index in [0.717, 1.165) is 19.3 Å². The number of aromatic carboxylic acids is 1. The van der Waals surface area contributed by atoms with Gasteiger partial charge in [-0.1, -0.05) is 0 Å². The minimum absolute atomic E-state index is 0.185. The van der Waals surface area contributed by atoms with Crippen LogP contribution in [0.5, 0.6) is 5.75 Å². The Kier molecular flexibility index (Phi) is 3.56. The molecule has 0 radical (unpaired) electrons. The maximum atomic E-state index is 15.1. The van der Waals surface area contributed by atoms with E-state index < -0.39 is 17.3 Å². The van der Waals surface area contributed by atoms with Crippen molar-refractivity contribution in [1.82, 2.24) is 4.57 Å². The molecule has 0 amide bonds. The highest BCUT2D eigenvalue weighted by Crippen LogP contribution is 2.54. The number of hydrogen-bond acceptors (Lipinski definition) is 5. The fraction of sp³-hybridized carbons (Fsp3) is 0.500. The Morgan fingerprint density at radius 2 is 2.04 bits per heavy atom. The van der Waals surface area contributed by atoms with E-state index >= 15 is 4.39 Å². The SMILES string of the molecule is C[C@H]1COc2c(N3CCC4(CC3)CC4N)c(F)cc3cc(C(=O)O)c(=O)n1c23. The van der Waals surface area contributed by atoms with Gasteiger partial charge in [-0.3, -0.25) is 9.36 Å². The van der Waals surface area contributed by atoms with Gasteiger partial charge in [-0.05, 0) is 43.7 Å². The number of aromatic nitrogens is 1. The first-order valence-electron chi connectivity index (χ1n) is 9.61. The van der Waals surface area contributed by atoms with E-state index in [0.29, 0.717) is 35.4 Å². The number of nitrogens with two attached hydrogens (primary N) is 1. The Balaban J connectivity index is 1.68. The van der Waals surface area contributed by atoms with Crippen LogP contribution in [-0.4, -0.2) is 41.4 Å². The average molecular weight is 387 g/mol. The molecule has 1 unspecified atom stereocenters. The zero-order valence-electron chi connectivity index (χ0n) is 15.6. The molecule has 1 spiro atoms. The van der Waals surface area contributed by atoms with Crippen molar-refractivity contribution in [3.63, 3.8) is 0 Å². The van der Waals surface area contributed by atoms with Crippen molar-refractivity contribution in [3.8, 4) is 5.75 Å². The van der Waals surface area contributed by atoms with Crippen LogP contribution in [0.15, 0.2) is 16.9 Å². The third-order valence-electron chi connectivity index (χ3n) is 6.67. The molecule has 3 N–H and O–H groups in total. The van der Waals surface area contributed by atoms with E-state index in [9.17, 15) is 14.7 Å². The normalized spacial score (nSPS) is 25.0. The summed E-state index contributed by atoms with van der Waals surface area (Å²) in [6.07, 6.45) is 2.85. The van der Waals surface area contributed by atoms with Crippen molar-refractivity contribution in [2.75, 3.05) is 24.6 Å². The molecule has 148 valence electrons. The van der Waals surface area contributed by atoms with E-state index in [1.54, 1.807) is 6.92 Å². The van der Waals surface area contributed by atoms with Crippen LogP contribution in [-0.2, 0) is 0 Å². The molecule has 1 aromatic heterocycles. The van der Waals surface area contributed by atoms with E-state index in [1.807, 2.05) is 4.90 Å². The summed E-state index contributed by atoms with van der Waals surface area (Å²) in [6.45, 7) is 3.33. The van der Waals surface area contributed by atoms with Gasteiger partial charge in [0, 0.05) is 24.5 Å².